The average Bonchev–Trinajstić information content (AvgIpc) is 3.28. The molecule has 31 heavy (non-hydrogen) atoms. The molecule has 2 atom stereocenters. The maximum Gasteiger partial charge on any atom is 0.410 e. The summed E-state index contributed by atoms with van der Waals surface area (Å²) in [6.07, 6.45) is 4.59. The number of ether oxygens (including phenoxy) is 1. The van der Waals surface area contributed by atoms with Gasteiger partial charge < -0.3 is 15.8 Å². The molecule has 3 amide bonds. The summed E-state index contributed by atoms with van der Waals surface area (Å²) in [5.41, 5.74) is 7.33. The molecule has 0 saturated carbocycles. The number of carbonyl (C=O) groups excluding carboxylic acids is 3. The molecule has 0 spiro atoms. The molecule has 2 aromatic rings. The molecule has 1 heterocycles. The average molecular weight is 421 g/mol. The van der Waals surface area contributed by atoms with Gasteiger partial charge in [-0.1, -0.05) is 72.8 Å². The number of likely N-dealkylation sites (tertiary alicyclic amines) is 1. The van der Waals surface area contributed by atoms with Gasteiger partial charge in [0.25, 0.3) is 0 Å². The first kappa shape index (κ1) is 22.1. The molecule has 162 valence electrons. The first-order valence-electron chi connectivity index (χ1n) is 10.3. The molecule has 1 aliphatic heterocycles. The van der Waals surface area contributed by atoms with Crippen LogP contribution in [-0.4, -0.2) is 41.4 Å². The van der Waals surface area contributed by atoms with Crippen LogP contribution >= 0.6 is 0 Å². The lowest BCUT2D eigenvalue weighted by Crippen LogP contribution is -2.52. The topological polar surface area (TPSA) is 102 Å². The van der Waals surface area contributed by atoms with Crippen LogP contribution in [-0.2, 0) is 20.9 Å². The van der Waals surface area contributed by atoms with Crippen molar-refractivity contribution in [3.63, 3.8) is 0 Å². The molecule has 2 aromatic carbocycles. The highest BCUT2D eigenvalue weighted by Crippen LogP contribution is 2.19. The lowest BCUT2D eigenvalue weighted by Gasteiger charge is -2.25. The summed E-state index contributed by atoms with van der Waals surface area (Å²) in [5, 5.41) is 2.69. The molecule has 1 fully saturated rings. The number of carbonyl (C=O) groups is 3. The van der Waals surface area contributed by atoms with Crippen LogP contribution in [0.5, 0.6) is 0 Å². The summed E-state index contributed by atoms with van der Waals surface area (Å²) >= 11 is 0. The fourth-order valence-corrected chi connectivity index (χ4v) is 3.48. The van der Waals surface area contributed by atoms with Crippen molar-refractivity contribution in [2.24, 2.45) is 5.73 Å². The Morgan fingerprint density at radius 2 is 1.77 bits per heavy atom. The van der Waals surface area contributed by atoms with Crippen LogP contribution in [0.2, 0.25) is 0 Å². The molecular weight excluding hydrogens is 394 g/mol. The van der Waals surface area contributed by atoms with E-state index in [9.17, 15) is 14.4 Å². The number of hydrogen-bond acceptors (Lipinski definition) is 4. The molecule has 1 aliphatic rings. The molecule has 1 saturated heterocycles. The minimum absolute atomic E-state index is 0.138. The van der Waals surface area contributed by atoms with E-state index in [1.807, 2.05) is 66.7 Å². The summed E-state index contributed by atoms with van der Waals surface area (Å²) in [5.74, 6) is -1.02. The number of primary amides is 1. The van der Waals surface area contributed by atoms with Gasteiger partial charge in [-0.3, -0.25) is 14.5 Å². The van der Waals surface area contributed by atoms with Crippen molar-refractivity contribution in [3.05, 3.63) is 77.9 Å². The van der Waals surface area contributed by atoms with Crippen LogP contribution in [0.4, 0.5) is 4.79 Å². The Hall–Kier alpha value is -3.61. The van der Waals surface area contributed by atoms with Crippen molar-refractivity contribution in [2.45, 2.75) is 38.0 Å². The summed E-state index contributed by atoms with van der Waals surface area (Å²) in [6, 6.07) is 17.4. The predicted molar refractivity (Wildman–Crippen MR) is 118 cm³/mol. The zero-order valence-electron chi connectivity index (χ0n) is 17.3. The highest BCUT2D eigenvalue weighted by molar-refractivity contribution is 5.91. The number of nitrogens with one attached hydrogen (secondary N) is 1. The number of nitrogens with two attached hydrogens (primary N) is 1. The molecule has 3 N–H and O–H groups in total. The van der Waals surface area contributed by atoms with Crippen LogP contribution in [0.1, 0.15) is 30.4 Å². The van der Waals surface area contributed by atoms with E-state index in [2.05, 4.69) is 5.32 Å². The Kier molecular flexibility index (Phi) is 7.81. The Balaban J connectivity index is 1.55. The lowest BCUT2D eigenvalue weighted by molar-refractivity contribution is -0.129. The van der Waals surface area contributed by atoms with E-state index in [0.29, 0.717) is 19.4 Å². The molecule has 0 bridgehead atoms. The van der Waals surface area contributed by atoms with Crippen molar-refractivity contribution in [1.29, 1.82) is 0 Å². The summed E-state index contributed by atoms with van der Waals surface area (Å²) < 4.78 is 5.36. The standard InChI is InChI=1S/C24H27N3O4/c25-22(28)20(14-7-13-18-9-3-1-4-10-18)26-23(29)21-15-8-16-27(21)24(30)31-17-19-11-5-2-6-12-19/h1-7,9-13,20-21H,8,14-17H2,(H2,25,28)(H,26,29)/b13-7+/t20-,21-/m1/s1. The normalized spacial score (nSPS) is 16.8. The summed E-state index contributed by atoms with van der Waals surface area (Å²) in [7, 11) is 0. The van der Waals surface area contributed by atoms with E-state index in [1.54, 1.807) is 6.08 Å². The van der Waals surface area contributed by atoms with Gasteiger partial charge in [0.1, 0.15) is 18.7 Å². The van der Waals surface area contributed by atoms with E-state index in [0.717, 1.165) is 11.1 Å². The molecule has 7 heteroatoms. The van der Waals surface area contributed by atoms with E-state index >= 15 is 0 Å². The van der Waals surface area contributed by atoms with Gasteiger partial charge in [0.15, 0.2) is 0 Å². The number of rotatable bonds is 8. The summed E-state index contributed by atoms with van der Waals surface area (Å²) in [4.78, 5) is 38.5. The van der Waals surface area contributed by atoms with Gasteiger partial charge in [0, 0.05) is 6.54 Å². The SMILES string of the molecule is NC(=O)[C@@H](C/C=C/c1ccccc1)NC(=O)[C@H]1CCCN1C(=O)OCc1ccccc1. The first-order valence-corrected chi connectivity index (χ1v) is 10.3. The Bertz CT molecular complexity index is 915. The van der Waals surface area contributed by atoms with Gasteiger partial charge >= 0.3 is 6.09 Å². The number of nitrogens with zero attached hydrogens (tertiary/aromatic N) is 1. The van der Waals surface area contributed by atoms with Crippen molar-refractivity contribution >= 4 is 24.0 Å². The van der Waals surface area contributed by atoms with Crippen LogP contribution in [0.25, 0.3) is 6.08 Å². The van der Waals surface area contributed by atoms with Crippen LogP contribution in [0.15, 0.2) is 66.7 Å². The highest BCUT2D eigenvalue weighted by Gasteiger charge is 2.36. The monoisotopic (exact) mass is 421 g/mol. The maximum atomic E-state index is 12.8. The second kappa shape index (κ2) is 11.0. The molecule has 0 aromatic heterocycles. The fraction of sp³-hybridized carbons (Fsp3) is 0.292. The molecule has 0 aliphatic carbocycles. The van der Waals surface area contributed by atoms with Gasteiger partial charge in [-0.25, -0.2) is 4.79 Å². The predicted octanol–water partition coefficient (Wildman–Crippen LogP) is 2.86. The van der Waals surface area contributed by atoms with Crippen LogP contribution in [0.3, 0.4) is 0 Å². The van der Waals surface area contributed by atoms with Crippen molar-refractivity contribution in [3.8, 4) is 0 Å². The van der Waals surface area contributed by atoms with Gasteiger partial charge in [-0.2, -0.15) is 0 Å². The minimum Gasteiger partial charge on any atom is -0.445 e. The Morgan fingerprint density at radius 1 is 1.10 bits per heavy atom. The third-order valence-electron chi connectivity index (χ3n) is 5.14. The van der Waals surface area contributed by atoms with E-state index < -0.39 is 30.0 Å². The van der Waals surface area contributed by atoms with E-state index in [1.165, 1.54) is 4.90 Å². The minimum atomic E-state index is -0.852. The van der Waals surface area contributed by atoms with Crippen LogP contribution < -0.4 is 11.1 Å². The third-order valence-corrected chi connectivity index (χ3v) is 5.14. The lowest BCUT2D eigenvalue weighted by atomic mass is 10.1. The van der Waals surface area contributed by atoms with Crippen molar-refractivity contribution in [2.75, 3.05) is 6.54 Å². The van der Waals surface area contributed by atoms with Crippen molar-refractivity contribution in [1.82, 2.24) is 10.2 Å². The fourth-order valence-electron chi connectivity index (χ4n) is 3.48. The Labute approximate surface area is 181 Å². The molecule has 0 unspecified atom stereocenters. The van der Waals surface area contributed by atoms with E-state index in [4.69, 9.17) is 10.5 Å². The van der Waals surface area contributed by atoms with Crippen LogP contribution in [0, 0.1) is 0 Å². The number of benzene rings is 2. The first-order chi connectivity index (χ1) is 15.0. The van der Waals surface area contributed by atoms with Gasteiger partial charge in [-0.15, -0.1) is 0 Å². The number of hydrogen-bond donors (Lipinski definition) is 2. The molecular formula is C24H27N3O4. The maximum absolute atomic E-state index is 12.8. The molecule has 0 radical (unpaired) electrons. The molecule has 7 nitrogen and oxygen atoms in total. The second-order valence-electron chi connectivity index (χ2n) is 7.40. The third kappa shape index (κ3) is 6.44. The molecule has 3 rings (SSSR count). The quantitative estimate of drug-likeness (QED) is 0.684. The van der Waals surface area contributed by atoms with Gasteiger partial charge in [-0.05, 0) is 30.4 Å². The number of amides is 3. The van der Waals surface area contributed by atoms with Gasteiger partial charge in [0.2, 0.25) is 11.8 Å². The van der Waals surface area contributed by atoms with Crippen molar-refractivity contribution < 1.29 is 19.1 Å². The van der Waals surface area contributed by atoms with E-state index in [-0.39, 0.29) is 13.0 Å². The largest absolute Gasteiger partial charge is 0.445 e. The zero-order chi connectivity index (χ0) is 22.1. The highest BCUT2D eigenvalue weighted by atomic mass is 16.6. The zero-order valence-corrected chi connectivity index (χ0v) is 17.3. The Morgan fingerprint density at radius 3 is 2.45 bits per heavy atom. The second-order valence-corrected chi connectivity index (χ2v) is 7.40. The smallest absolute Gasteiger partial charge is 0.410 e. The summed E-state index contributed by atoms with van der Waals surface area (Å²) in [6.45, 7) is 0.569. The van der Waals surface area contributed by atoms with Gasteiger partial charge in [0.05, 0.1) is 0 Å².